The van der Waals surface area contributed by atoms with Crippen molar-refractivity contribution in [2.45, 2.75) is 24.8 Å². The summed E-state index contributed by atoms with van der Waals surface area (Å²) in [4.78, 5) is 16.5. The monoisotopic (exact) mass is 450 g/mol. The van der Waals surface area contributed by atoms with Crippen LogP contribution in [-0.4, -0.2) is 26.5 Å². The molecular formula is C20H19ClN2O4S2. The summed E-state index contributed by atoms with van der Waals surface area (Å²) in [6.07, 6.45) is 0.759. The van der Waals surface area contributed by atoms with E-state index in [2.05, 4.69) is 4.98 Å². The highest BCUT2D eigenvalue weighted by atomic mass is 35.5. The number of benzene rings is 2. The van der Waals surface area contributed by atoms with E-state index in [0.29, 0.717) is 11.4 Å². The molecule has 0 fully saturated rings. The second-order valence-electron chi connectivity index (χ2n) is 6.04. The molecule has 0 aliphatic carbocycles. The number of methoxy groups -OCH3 is 1. The molecule has 0 spiro atoms. The summed E-state index contributed by atoms with van der Waals surface area (Å²) in [7, 11) is -2.94. The molecule has 0 amide bonds. The molecule has 0 atom stereocenters. The van der Waals surface area contributed by atoms with E-state index in [1.165, 1.54) is 34.9 Å². The normalized spacial score (nSPS) is 11.3. The highest BCUT2D eigenvalue weighted by molar-refractivity contribution is 7.92. The van der Waals surface area contributed by atoms with Crippen LogP contribution in [-0.2, 0) is 27.7 Å². The lowest BCUT2D eigenvalue weighted by Crippen LogP contribution is -2.32. The van der Waals surface area contributed by atoms with Crippen LogP contribution < -0.4 is 4.31 Å². The summed E-state index contributed by atoms with van der Waals surface area (Å²) < 4.78 is 33.2. The number of para-hydroxylation sites is 1. The zero-order chi connectivity index (χ0) is 21.0. The van der Waals surface area contributed by atoms with Gasteiger partial charge in [-0.25, -0.2) is 18.2 Å². The third-order valence-corrected chi connectivity index (χ3v) is 7.37. The zero-order valence-electron chi connectivity index (χ0n) is 15.8. The van der Waals surface area contributed by atoms with Crippen LogP contribution in [0.3, 0.4) is 0 Å². The van der Waals surface area contributed by atoms with Crippen LogP contribution in [0.15, 0.2) is 58.8 Å². The topological polar surface area (TPSA) is 76.6 Å². The second kappa shape index (κ2) is 8.94. The number of sulfonamides is 1. The fraction of sp³-hybridized carbons (Fsp3) is 0.200. The number of hydrogen-bond acceptors (Lipinski definition) is 6. The third-order valence-electron chi connectivity index (χ3n) is 4.19. The van der Waals surface area contributed by atoms with Crippen LogP contribution in [0.1, 0.15) is 28.0 Å². The van der Waals surface area contributed by atoms with Gasteiger partial charge >= 0.3 is 5.97 Å². The summed E-state index contributed by atoms with van der Waals surface area (Å²) in [5, 5.41) is 3.01. The van der Waals surface area contributed by atoms with E-state index in [9.17, 15) is 13.2 Å². The number of esters is 1. The molecule has 1 aromatic heterocycles. The first-order chi connectivity index (χ1) is 13.9. The molecule has 0 aliphatic rings. The van der Waals surface area contributed by atoms with Gasteiger partial charge in [0.1, 0.15) is 4.90 Å². The molecule has 0 bridgehead atoms. The van der Waals surface area contributed by atoms with E-state index >= 15 is 0 Å². The molecule has 3 rings (SSSR count). The molecule has 152 valence electrons. The fourth-order valence-electron chi connectivity index (χ4n) is 2.77. The Morgan fingerprint density at radius 3 is 2.52 bits per heavy atom. The molecular weight excluding hydrogens is 432 g/mol. The number of carbonyl (C=O) groups excluding carboxylic acids is 1. The van der Waals surface area contributed by atoms with E-state index in [0.717, 1.165) is 11.4 Å². The first-order valence-electron chi connectivity index (χ1n) is 8.76. The minimum atomic E-state index is -4.15. The van der Waals surface area contributed by atoms with Gasteiger partial charge in [0.05, 0.1) is 40.6 Å². The van der Waals surface area contributed by atoms with Gasteiger partial charge in [0.15, 0.2) is 0 Å². The Balaban J connectivity index is 2.15. The Kier molecular flexibility index (Phi) is 6.56. The number of aromatic nitrogens is 1. The van der Waals surface area contributed by atoms with Crippen LogP contribution >= 0.6 is 22.9 Å². The van der Waals surface area contributed by atoms with Gasteiger partial charge in [0, 0.05) is 5.38 Å². The molecule has 29 heavy (non-hydrogen) atoms. The van der Waals surface area contributed by atoms with Gasteiger partial charge < -0.3 is 4.74 Å². The maximum Gasteiger partial charge on any atom is 0.339 e. The van der Waals surface area contributed by atoms with Crippen molar-refractivity contribution in [1.29, 1.82) is 0 Å². The van der Waals surface area contributed by atoms with Gasteiger partial charge in [-0.15, -0.1) is 11.3 Å². The smallest absolute Gasteiger partial charge is 0.339 e. The fourth-order valence-corrected chi connectivity index (χ4v) is 5.44. The number of thiazole rings is 1. The molecule has 0 aliphatic heterocycles. The van der Waals surface area contributed by atoms with Gasteiger partial charge in [-0.05, 0) is 30.7 Å². The maximum absolute atomic E-state index is 13.6. The van der Waals surface area contributed by atoms with Crippen LogP contribution in [0.25, 0.3) is 0 Å². The number of aryl methyl sites for hydroxylation is 1. The Hall–Kier alpha value is -2.42. The van der Waals surface area contributed by atoms with Crippen molar-refractivity contribution in [3.63, 3.8) is 0 Å². The van der Waals surface area contributed by atoms with Gasteiger partial charge in [-0.3, -0.25) is 4.31 Å². The number of ether oxygens (including phenoxy) is 1. The van der Waals surface area contributed by atoms with Crippen molar-refractivity contribution in [1.82, 2.24) is 4.98 Å². The van der Waals surface area contributed by atoms with Crippen molar-refractivity contribution < 1.29 is 17.9 Å². The zero-order valence-corrected chi connectivity index (χ0v) is 18.2. The van der Waals surface area contributed by atoms with Crippen molar-refractivity contribution >= 4 is 44.6 Å². The van der Waals surface area contributed by atoms with E-state index in [1.54, 1.807) is 36.4 Å². The highest BCUT2D eigenvalue weighted by Crippen LogP contribution is 2.33. The van der Waals surface area contributed by atoms with Crippen LogP contribution in [0, 0.1) is 0 Å². The standard InChI is InChI=1S/C20H19ClN2O4S2/c1-3-19-22-14(13-28-19)12-23(17-10-6-5-9-16(17)21)29(25,26)18-11-7-4-8-15(18)20(24)27-2/h4-11,13H,3,12H2,1-2H3. The molecule has 2 aromatic carbocycles. The Morgan fingerprint density at radius 2 is 1.86 bits per heavy atom. The van der Waals surface area contributed by atoms with Crippen molar-refractivity contribution in [2.24, 2.45) is 0 Å². The minimum absolute atomic E-state index is 0.0158. The molecule has 0 saturated heterocycles. The lowest BCUT2D eigenvalue weighted by molar-refractivity contribution is 0.0596. The quantitative estimate of drug-likeness (QED) is 0.494. The highest BCUT2D eigenvalue weighted by Gasteiger charge is 2.31. The van der Waals surface area contributed by atoms with E-state index < -0.39 is 16.0 Å². The average Bonchev–Trinajstić information content (AvgIpc) is 3.20. The van der Waals surface area contributed by atoms with E-state index in [1.807, 2.05) is 12.3 Å². The van der Waals surface area contributed by atoms with Crippen LogP contribution in [0.4, 0.5) is 5.69 Å². The number of hydrogen-bond donors (Lipinski definition) is 0. The molecule has 3 aromatic rings. The van der Waals surface area contributed by atoms with E-state index in [4.69, 9.17) is 16.3 Å². The summed E-state index contributed by atoms with van der Waals surface area (Å²) in [5.74, 6) is -0.731. The summed E-state index contributed by atoms with van der Waals surface area (Å²) in [6.45, 7) is 1.97. The van der Waals surface area contributed by atoms with Crippen LogP contribution in [0.5, 0.6) is 0 Å². The number of rotatable bonds is 7. The predicted octanol–water partition coefficient (Wildman–Crippen LogP) is 4.54. The Morgan fingerprint density at radius 1 is 1.17 bits per heavy atom. The number of anilines is 1. The number of halogens is 1. The molecule has 0 unspecified atom stereocenters. The van der Waals surface area contributed by atoms with Crippen LogP contribution in [0.2, 0.25) is 5.02 Å². The number of carbonyl (C=O) groups is 1. The van der Waals surface area contributed by atoms with Gasteiger partial charge in [-0.1, -0.05) is 42.8 Å². The average molecular weight is 451 g/mol. The Bertz CT molecular complexity index is 1130. The molecule has 0 radical (unpaired) electrons. The lowest BCUT2D eigenvalue weighted by Gasteiger charge is -2.25. The summed E-state index contributed by atoms with van der Waals surface area (Å²) in [6, 6.07) is 12.6. The SMILES string of the molecule is CCc1nc(CN(c2ccccc2Cl)S(=O)(=O)c2ccccc2C(=O)OC)cs1. The minimum Gasteiger partial charge on any atom is -0.465 e. The molecule has 1 heterocycles. The lowest BCUT2D eigenvalue weighted by atomic mass is 10.2. The van der Waals surface area contributed by atoms with Gasteiger partial charge in [-0.2, -0.15) is 0 Å². The maximum atomic E-state index is 13.6. The summed E-state index contributed by atoms with van der Waals surface area (Å²) in [5.41, 5.74) is 0.866. The van der Waals surface area contributed by atoms with Gasteiger partial charge in [0.2, 0.25) is 0 Å². The molecule has 0 saturated carbocycles. The second-order valence-corrected chi connectivity index (χ2v) is 9.22. The van der Waals surface area contributed by atoms with E-state index in [-0.39, 0.29) is 22.0 Å². The predicted molar refractivity (Wildman–Crippen MR) is 114 cm³/mol. The molecule has 0 N–H and O–H groups in total. The van der Waals surface area contributed by atoms with Crippen molar-refractivity contribution in [3.8, 4) is 0 Å². The van der Waals surface area contributed by atoms with Crippen molar-refractivity contribution in [3.05, 3.63) is 75.2 Å². The largest absolute Gasteiger partial charge is 0.465 e. The summed E-state index contributed by atoms with van der Waals surface area (Å²) >= 11 is 7.79. The van der Waals surface area contributed by atoms with Crippen molar-refractivity contribution in [2.75, 3.05) is 11.4 Å². The Labute approximate surface area is 178 Å². The third kappa shape index (κ3) is 4.44. The number of nitrogens with zero attached hydrogens (tertiary/aromatic N) is 2. The first-order valence-corrected chi connectivity index (χ1v) is 11.5. The van der Waals surface area contributed by atoms with Gasteiger partial charge in [0.25, 0.3) is 10.0 Å². The first kappa shape index (κ1) is 21.3. The molecule has 6 nitrogen and oxygen atoms in total. The molecule has 9 heteroatoms.